The van der Waals surface area contributed by atoms with Gasteiger partial charge in [0.1, 0.15) is 0 Å². The molecule has 1 unspecified atom stereocenters. The number of carbonyl (C=O) groups is 1. The zero-order valence-electron chi connectivity index (χ0n) is 11.4. The summed E-state index contributed by atoms with van der Waals surface area (Å²) in [6, 6.07) is 0.571. The van der Waals surface area contributed by atoms with Crippen molar-refractivity contribution in [3.63, 3.8) is 0 Å². The Morgan fingerprint density at radius 2 is 2.11 bits per heavy atom. The highest BCUT2D eigenvalue weighted by molar-refractivity contribution is 5.85. The lowest BCUT2D eigenvalue weighted by molar-refractivity contribution is -0.131. The zero-order valence-corrected chi connectivity index (χ0v) is 12.2. The molecule has 2 heterocycles. The van der Waals surface area contributed by atoms with Crippen LogP contribution >= 0.6 is 12.4 Å². The fourth-order valence-corrected chi connectivity index (χ4v) is 2.87. The number of amides is 1. The van der Waals surface area contributed by atoms with E-state index >= 15 is 0 Å². The molecule has 0 saturated carbocycles. The minimum Gasteiger partial charge on any atom is -0.342 e. The number of likely N-dealkylation sites (tertiary alicyclic amines) is 1. The maximum Gasteiger partial charge on any atom is 0.236 e. The molecule has 1 N–H and O–H groups in total. The predicted molar refractivity (Wildman–Crippen MR) is 76.2 cm³/mol. The summed E-state index contributed by atoms with van der Waals surface area (Å²) < 4.78 is 0. The van der Waals surface area contributed by atoms with Gasteiger partial charge in [0, 0.05) is 25.7 Å². The number of nitrogens with one attached hydrogen (secondary N) is 1. The second-order valence-electron chi connectivity index (χ2n) is 5.20. The molecule has 0 aromatic carbocycles. The minimum absolute atomic E-state index is 0. The number of rotatable bonds is 5. The van der Waals surface area contributed by atoms with Crippen LogP contribution in [0.15, 0.2) is 0 Å². The molecule has 1 amide bonds. The van der Waals surface area contributed by atoms with Crippen LogP contribution in [-0.4, -0.2) is 61.0 Å². The third-order valence-electron chi connectivity index (χ3n) is 3.86. The lowest BCUT2D eigenvalue weighted by Gasteiger charge is -2.29. The van der Waals surface area contributed by atoms with Gasteiger partial charge in [-0.05, 0) is 38.8 Å². The summed E-state index contributed by atoms with van der Waals surface area (Å²) in [6.07, 6.45) is 4.69. The molecule has 0 aromatic heterocycles. The average Bonchev–Trinajstić information content (AvgIpc) is 3.01. The maximum atomic E-state index is 12.2. The van der Waals surface area contributed by atoms with Gasteiger partial charge in [0.2, 0.25) is 5.91 Å². The Bertz CT molecular complexity index is 251. The Balaban J connectivity index is 0.00000162. The van der Waals surface area contributed by atoms with E-state index in [1.54, 1.807) is 0 Å². The summed E-state index contributed by atoms with van der Waals surface area (Å²) in [5.41, 5.74) is 0. The number of hydrogen-bond acceptors (Lipinski definition) is 3. The molecule has 1 atom stereocenters. The van der Waals surface area contributed by atoms with E-state index in [0.29, 0.717) is 18.5 Å². The quantitative estimate of drug-likeness (QED) is 0.816. The van der Waals surface area contributed by atoms with Crippen molar-refractivity contribution in [2.24, 2.45) is 0 Å². The van der Waals surface area contributed by atoms with Crippen LogP contribution in [0, 0.1) is 0 Å². The molecule has 0 aromatic rings. The van der Waals surface area contributed by atoms with Crippen LogP contribution in [0.5, 0.6) is 0 Å². The van der Waals surface area contributed by atoms with Crippen molar-refractivity contribution in [1.29, 1.82) is 0 Å². The molecule has 2 aliphatic heterocycles. The minimum atomic E-state index is 0. The zero-order chi connectivity index (χ0) is 12.1. The number of nitrogens with zero attached hydrogens (tertiary/aromatic N) is 2. The molecule has 2 saturated heterocycles. The topological polar surface area (TPSA) is 35.6 Å². The second-order valence-corrected chi connectivity index (χ2v) is 5.20. The van der Waals surface area contributed by atoms with E-state index in [2.05, 4.69) is 17.1 Å². The van der Waals surface area contributed by atoms with Crippen molar-refractivity contribution in [1.82, 2.24) is 15.1 Å². The first-order valence-electron chi connectivity index (χ1n) is 7.04. The van der Waals surface area contributed by atoms with E-state index in [0.717, 1.165) is 39.1 Å². The Morgan fingerprint density at radius 1 is 1.39 bits per heavy atom. The first kappa shape index (κ1) is 15.7. The summed E-state index contributed by atoms with van der Waals surface area (Å²) >= 11 is 0. The van der Waals surface area contributed by atoms with Gasteiger partial charge in [-0.25, -0.2) is 0 Å². The van der Waals surface area contributed by atoms with E-state index in [1.807, 2.05) is 4.90 Å². The summed E-state index contributed by atoms with van der Waals surface area (Å²) in [6.45, 7) is 7.96. The van der Waals surface area contributed by atoms with Gasteiger partial charge in [-0.15, -0.1) is 12.4 Å². The first-order valence-corrected chi connectivity index (χ1v) is 7.04. The summed E-state index contributed by atoms with van der Waals surface area (Å²) in [4.78, 5) is 16.6. The van der Waals surface area contributed by atoms with Gasteiger partial charge in [-0.3, -0.25) is 9.69 Å². The molecule has 2 fully saturated rings. The van der Waals surface area contributed by atoms with Crippen molar-refractivity contribution >= 4 is 18.3 Å². The summed E-state index contributed by atoms with van der Waals surface area (Å²) in [7, 11) is 0. The van der Waals surface area contributed by atoms with Crippen LogP contribution in [0.1, 0.15) is 32.6 Å². The molecule has 18 heavy (non-hydrogen) atoms. The smallest absolute Gasteiger partial charge is 0.236 e. The maximum absolute atomic E-state index is 12.2. The Kier molecular flexibility index (Phi) is 6.97. The Morgan fingerprint density at radius 3 is 2.67 bits per heavy atom. The third-order valence-corrected chi connectivity index (χ3v) is 3.86. The van der Waals surface area contributed by atoms with Crippen molar-refractivity contribution in [2.75, 3.05) is 39.3 Å². The van der Waals surface area contributed by atoms with Crippen molar-refractivity contribution in [2.45, 2.75) is 38.6 Å². The molecule has 106 valence electrons. The molecule has 5 heteroatoms. The fraction of sp³-hybridized carbons (Fsp3) is 0.923. The SMILES string of the molecule is CCCN(CC(=O)N1CCCC1)C1CCNC1.Cl. The molecular formula is C13H26ClN3O. The van der Waals surface area contributed by atoms with Crippen LogP contribution in [0.3, 0.4) is 0 Å². The van der Waals surface area contributed by atoms with Gasteiger partial charge in [0.25, 0.3) is 0 Å². The van der Waals surface area contributed by atoms with Gasteiger partial charge >= 0.3 is 0 Å². The first-order chi connectivity index (χ1) is 8.31. The molecule has 0 spiro atoms. The van der Waals surface area contributed by atoms with E-state index in [1.165, 1.54) is 19.3 Å². The standard InChI is InChI=1S/C13H25N3O.ClH/c1-2-7-16(12-5-6-14-10-12)11-13(17)15-8-3-4-9-15;/h12,14H,2-11H2,1H3;1H. The predicted octanol–water partition coefficient (Wildman–Crippen LogP) is 1.10. The van der Waals surface area contributed by atoms with Crippen molar-refractivity contribution < 1.29 is 4.79 Å². The average molecular weight is 276 g/mol. The van der Waals surface area contributed by atoms with Crippen LogP contribution in [0.25, 0.3) is 0 Å². The molecule has 4 nitrogen and oxygen atoms in total. The van der Waals surface area contributed by atoms with Gasteiger partial charge in [0.05, 0.1) is 6.54 Å². The largest absolute Gasteiger partial charge is 0.342 e. The van der Waals surface area contributed by atoms with E-state index in [-0.39, 0.29) is 12.4 Å². The number of hydrogen-bond donors (Lipinski definition) is 1. The van der Waals surface area contributed by atoms with Crippen LogP contribution in [-0.2, 0) is 4.79 Å². The lowest BCUT2D eigenvalue weighted by atomic mass is 10.2. The monoisotopic (exact) mass is 275 g/mol. The molecular weight excluding hydrogens is 250 g/mol. The van der Waals surface area contributed by atoms with Crippen LogP contribution in [0.2, 0.25) is 0 Å². The fourth-order valence-electron chi connectivity index (χ4n) is 2.87. The molecule has 0 aliphatic carbocycles. The third kappa shape index (κ3) is 4.11. The van der Waals surface area contributed by atoms with Crippen molar-refractivity contribution in [3.8, 4) is 0 Å². The highest BCUT2D eigenvalue weighted by Crippen LogP contribution is 2.12. The lowest BCUT2D eigenvalue weighted by Crippen LogP contribution is -2.45. The normalized spacial score (nSPS) is 23.4. The van der Waals surface area contributed by atoms with Crippen LogP contribution in [0.4, 0.5) is 0 Å². The van der Waals surface area contributed by atoms with Gasteiger partial charge in [-0.1, -0.05) is 6.92 Å². The van der Waals surface area contributed by atoms with Gasteiger partial charge in [-0.2, -0.15) is 0 Å². The van der Waals surface area contributed by atoms with E-state index < -0.39 is 0 Å². The Hall–Kier alpha value is -0.320. The number of halogens is 1. The van der Waals surface area contributed by atoms with Gasteiger partial charge in [0.15, 0.2) is 0 Å². The second kappa shape index (κ2) is 7.97. The van der Waals surface area contributed by atoms with Gasteiger partial charge < -0.3 is 10.2 Å². The van der Waals surface area contributed by atoms with E-state index in [9.17, 15) is 4.79 Å². The summed E-state index contributed by atoms with van der Waals surface area (Å²) in [5.74, 6) is 0.336. The van der Waals surface area contributed by atoms with Crippen molar-refractivity contribution in [3.05, 3.63) is 0 Å². The highest BCUT2D eigenvalue weighted by atomic mass is 35.5. The molecule has 0 radical (unpaired) electrons. The highest BCUT2D eigenvalue weighted by Gasteiger charge is 2.26. The molecule has 2 rings (SSSR count). The van der Waals surface area contributed by atoms with E-state index in [4.69, 9.17) is 0 Å². The molecule has 2 aliphatic rings. The molecule has 0 bridgehead atoms. The Labute approximate surface area is 116 Å². The number of carbonyl (C=O) groups excluding carboxylic acids is 1. The van der Waals surface area contributed by atoms with Crippen LogP contribution < -0.4 is 5.32 Å². The summed E-state index contributed by atoms with van der Waals surface area (Å²) in [5, 5.41) is 3.39.